The summed E-state index contributed by atoms with van der Waals surface area (Å²) in [5.74, 6) is 2.11. The number of aliphatic imine (C=N–C) groups is 1. The van der Waals surface area contributed by atoms with E-state index >= 15 is 0 Å². The molecule has 0 radical (unpaired) electrons. The van der Waals surface area contributed by atoms with Gasteiger partial charge in [-0.25, -0.2) is 4.98 Å². The van der Waals surface area contributed by atoms with Gasteiger partial charge in [0, 0.05) is 56.9 Å². The molecule has 1 unspecified atom stereocenters. The van der Waals surface area contributed by atoms with Crippen molar-refractivity contribution in [3.05, 3.63) is 16.1 Å². The summed E-state index contributed by atoms with van der Waals surface area (Å²) in [6, 6.07) is 0. The lowest BCUT2D eigenvalue weighted by Gasteiger charge is -2.24. The number of halogens is 1. The number of hydrogen-bond acceptors (Lipinski definition) is 4. The highest BCUT2D eigenvalue weighted by Crippen LogP contribution is 2.19. The third-order valence-electron chi connectivity index (χ3n) is 3.95. The fraction of sp³-hybridized carbons (Fsp3) is 0.765. The maximum Gasteiger partial charge on any atom is 0.193 e. The molecule has 1 aromatic rings. The minimum atomic E-state index is 0. The molecule has 2 rings (SSSR count). The van der Waals surface area contributed by atoms with Crippen LogP contribution in [0.25, 0.3) is 0 Å². The van der Waals surface area contributed by atoms with Crippen molar-refractivity contribution in [1.82, 2.24) is 15.2 Å². The third-order valence-corrected chi connectivity index (χ3v) is 5.14. The molecular weight excluding hydrogens is 435 g/mol. The summed E-state index contributed by atoms with van der Waals surface area (Å²) in [4.78, 5) is 11.7. The van der Waals surface area contributed by atoms with E-state index in [1.165, 1.54) is 5.01 Å². The fourth-order valence-corrected chi connectivity index (χ4v) is 3.52. The first-order valence-electron chi connectivity index (χ1n) is 8.61. The molecule has 5 nitrogen and oxygen atoms in total. The van der Waals surface area contributed by atoms with Gasteiger partial charge in [0.05, 0.1) is 17.3 Å². The highest BCUT2D eigenvalue weighted by Gasteiger charge is 2.19. The van der Waals surface area contributed by atoms with Gasteiger partial charge in [-0.2, -0.15) is 0 Å². The second-order valence-corrected chi connectivity index (χ2v) is 7.32. The van der Waals surface area contributed by atoms with Gasteiger partial charge in [0.1, 0.15) is 0 Å². The summed E-state index contributed by atoms with van der Waals surface area (Å²) in [7, 11) is 2.11. The van der Waals surface area contributed by atoms with Gasteiger partial charge in [-0.3, -0.25) is 4.99 Å². The zero-order valence-corrected chi connectivity index (χ0v) is 18.4. The molecule has 138 valence electrons. The zero-order chi connectivity index (χ0) is 16.7. The molecule has 0 saturated carbocycles. The molecule has 0 aromatic carbocycles. The first-order valence-corrected chi connectivity index (χ1v) is 9.49. The molecule has 7 heteroatoms. The smallest absolute Gasteiger partial charge is 0.193 e. The van der Waals surface area contributed by atoms with Gasteiger partial charge < -0.3 is 15.0 Å². The predicted octanol–water partition coefficient (Wildman–Crippen LogP) is 3.36. The van der Waals surface area contributed by atoms with Crippen molar-refractivity contribution in [2.45, 2.75) is 39.5 Å². The molecule has 1 aliphatic rings. The molecule has 0 bridgehead atoms. The molecule has 2 heterocycles. The van der Waals surface area contributed by atoms with Gasteiger partial charge in [0.2, 0.25) is 0 Å². The Morgan fingerprint density at radius 2 is 2.33 bits per heavy atom. The second kappa shape index (κ2) is 11.3. The number of nitrogens with zero attached hydrogens (tertiary/aromatic N) is 3. The first-order chi connectivity index (χ1) is 11.1. The standard InChI is InChI=1S/C17H30N4OS.HI/c1-5-18-17(21(4)10-14-7-9-22-11-14)19-8-6-15-12-23-16(20-15)13(2)3;/h12-14H,5-11H2,1-4H3,(H,18,19);1H. The van der Waals surface area contributed by atoms with Gasteiger partial charge in [-0.15, -0.1) is 35.3 Å². The van der Waals surface area contributed by atoms with Crippen LogP contribution in [-0.2, 0) is 11.2 Å². The Morgan fingerprint density at radius 1 is 1.54 bits per heavy atom. The number of rotatable bonds is 7. The summed E-state index contributed by atoms with van der Waals surface area (Å²) in [6.07, 6.45) is 2.05. The molecule has 1 atom stereocenters. The lowest BCUT2D eigenvalue weighted by molar-refractivity contribution is 0.181. The average molecular weight is 466 g/mol. The average Bonchev–Trinajstić information content (AvgIpc) is 3.17. The molecule has 1 saturated heterocycles. The number of nitrogens with one attached hydrogen (secondary N) is 1. The molecule has 1 aliphatic heterocycles. The Bertz CT molecular complexity index is 501. The van der Waals surface area contributed by atoms with Gasteiger partial charge >= 0.3 is 0 Å². The summed E-state index contributed by atoms with van der Waals surface area (Å²) in [5, 5.41) is 6.76. The first kappa shape index (κ1) is 21.6. The summed E-state index contributed by atoms with van der Waals surface area (Å²) in [6.45, 7) is 10.9. The van der Waals surface area contributed by atoms with E-state index in [2.05, 4.69) is 48.4 Å². The number of guanidine groups is 1. The van der Waals surface area contributed by atoms with Crippen molar-refractivity contribution in [2.75, 3.05) is 39.9 Å². The topological polar surface area (TPSA) is 49.8 Å². The molecule has 1 aromatic heterocycles. The summed E-state index contributed by atoms with van der Waals surface area (Å²) < 4.78 is 5.46. The molecule has 1 fully saturated rings. The molecule has 0 aliphatic carbocycles. The van der Waals surface area contributed by atoms with Crippen molar-refractivity contribution in [2.24, 2.45) is 10.9 Å². The van der Waals surface area contributed by atoms with E-state index in [1.54, 1.807) is 11.3 Å². The highest BCUT2D eigenvalue weighted by molar-refractivity contribution is 14.0. The monoisotopic (exact) mass is 466 g/mol. The second-order valence-electron chi connectivity index (χ2n) is 6.43. The number of aromatic nitrogens is 1. The largest absolute Gasteiger partial charge is 0.381 e. The zero-order valence-electron chi connectivity index (χ0n) is 15.2. The Morgan fingerprint density at radius 3 is 2.92 bits per heavy atom. The van der Waals surface area contributed by atoms with Crippen LogP contribution in [0.5, 0.6) is 0 Å². The van der Waals surface area contributed by atoms with Crippen molar-refractivity contribution in [1.29, 1.82) is 0 Å². The quantitative estimate of drug-likeness (QED) is 0.381. The van der Waals surface area contributed by atoms with E-state index in [-0.39, 0.29) is 24.0 Å². The van der Waals surface area contributed by atoms with E-state index in [0.29, 0.717) is 11.8 Å². The lowest BCUT2D eigenvalue weighted by atomic mass is 10.1. The van der Waals surface area contributed by atoms with Crippen LogP contribution in [0.1, 0.15) is 43.8 Å². The summed E-state index contributed by atoms with van der Waals surface area (Å²) >= 11 is 1.75. The van der Waals surface area contributed by atoms with E-state index in [0.717, 1.165) is 57.3 Å². The van der Waals surface area contributed by atoms with Crippen molar-refractivity contribution in [3.8, 4) is 0 Å². The van der Waals surface area contributed by atoms with Crippen LogP contribution >= 0.6 is 35.3 Å². The number of ether oxygens (including phenoxy) is 1. The van der Waals surface area contributed by atoms with Crippen molar-refractivity contribution < 1.29 is 4.74 Å². The lowest BCUT2D eigenvalue weighted by Crippen LogP contribution is -2.41. The van der Waals surface area contributed by atoms with Gasteiger partial charge in [0.25, 0.3) is 0 Å². The third kappa shape index (κ3) is 6.84. The SMILES string of the molecule is CCNC(=NCCc1csc(C(C)C)n1)N(C)CC1CCOC1.I. The Hall–Kier alpha value is -0.410. The van der Waals surface area contributed by atoms with Crippen LogP contribution in [0.2, 0.25) is 0 Å². The van der Waals surface area contributed by atoms with E-state index in [1.807, 2.05) is 0 Å². The normalized spacial score (nSPS) is 17.9. The maximum absolute atomic E-state index is 5.46. The Balaban J connectivity index is 0.00000288. The van der Waals surface area contributed by atoms with Crippen molar-refractivity contribution >= 4 is 41.3 Å². The van der Waals surface area contributed by atoms with Gasteiger partial charge in [-0.05, 0) is 13.3 Å². The predicted molar refractivity (Wildman–Crippen MR) is 113 cm³/mol. The molecule has 1 N–H and O–H groups in total. The van der Waals surface area contributed by atoms with Crippen LogP contribution in [0.3, 0.4) is 0 Å². The minimum absolute atomic E-state index is 0. The molecule has 0 amide bonds. The van der Waals surface area contributed by atoms with Crippen molar-refractivity contribution in [3.63, 3.8) is 0 Å². The molecule has 0 spiro atoms. The Kier molecular flexibility index (Phi) is 10.1. The van der Waals surface area contributed by atoms with Crippen LogP contribution in [0.15, 0.2) is 10.4 Å². The van der Waals surface area contributed by atoms with Gasteiger partial charge in [-0.1, -0.05) is 13.8 Å². The van der Waals surface area contributed by atoms with Crippen LogP contribution in [-0.4, -0.2) is 55.7 Å². The fourth-order valence-electron chi connectivity index (χ4n) is 2.65. The van der Waals surface area contributed by atoms with E-state index in [9.17, 15) is 0 Å². The minimum Gasteiger partial charge on any atom is -0.381 e. The number of thiazole rings is 1. The van der Waals surface area contributed by atoms with Crippen LogP contribution in [0, 0.1) is 5.92 Å². The van der Waals surface area contributed by atoms with E-state index in [4.69, 9.17) is 9.73 Å². The number of hydrogen-bond donors (Lipinski definition) is 1. The van der Waals surface area contributed by atoms with Crippen LogP contribution < -0.4 is 5.32 Å². The maximum atomic E-state index is 5.46. The van der Waals surface area contributed by atoms with Gasteiger partial charge in [0.15, 0.2) is 5.96 Å². The molecular formula is C17H31IN4OS. The highest BCUT2D eigenvalue weighted by atomic mass is 127. The molecule has 24 heavy (non-hydrogen) atoms. The Labute approximate surface area is 167 Å². The van der Waals surface area contributed by atoms with E-state index < -0.39 is 0 Å². The summed E-state index contributed by atoms with van der Waals surface area (Å²) in [5.41, 5.74) is 1.16. The van der Waals surface area contributed by atoms with Crippen LogP contribution in [0.4, 0.5) is 0 Å².